The normalized spacial score (nSPS) is 19.4. The Labute approximate surface area is 462 Å². The Balaban J connectivity index is 0.824. The lowest BCUT2D eigenvalue weighted by Crippen LogP contribution is -2.85. The van der Waals surface area contributed by atoms with Crippen LogP contribution in [0.2, 0.25) is 0 Å². The van der Waals surface area contributed by atoms with Gasteiger partial charge in [0.15, 0.2) is 0 Å². The third-order valence-corrected chi connectivity index (χ3v) is 21.2. The number of pyridine rings is 4. The molecule has 2 unspecified atom stereocenters. The predicted molar refractivity (Wildman–Crippen MR) is 317 cm³/mol. The van der Waals surface area contributed by atoms with Crippen molar-refractivity contribution < 1.29 is 18.3 Å². The first-order valence-electron chi connectivity index (χ1n) is 28.8. The molecule has 15 aromatic rings. The first-order valence-corrected chi connectivity index (χ1v) is 28.8. The third kappa shape index (κ3) is 3.48. The topological polar surface area (TPSA) is 31.4 Å². The SMILES string of the molecule is C1=c2cccc3c2=[N+]2C1=C(c1cccc4cc5cccc(C6=C7C=c8cccc9c8=[N+]7C78n%10c6cc6cccc(c6%10)-c6ccc%10ccc%11ccc-9[n+]7c%11c%10[n+]68)c5cc14)c1cc4cccc5c4n1C21[n+]2c-3ccc3ccc4ccc-5[n+]1c4c32. The fraction of sp³-hybridized carbons (Fsp3) is 0.0270. The van der Waals surface area contributed by atoms with Gasteiger partial charge in [0.2, 0.25) is 44.9 Å². The molecule has 0 saturated heterocycles. The van der Waals surface area contributed by atoms with Gasteiger partial charge >= 0.3 is 33.9 Å². The van der Waals surface area contributed by atoms with Gasteiger partial charge in [0.25, 0.3) is 0 Å². The van der Waals surface area contributed by atoms with E-state index in [0.29, 0.717) is 0 Å². The summed E-state index contributed by atoms with van der Waals surface area (Å²) in [5.74, 6) is -1.55. The molecule has 10 aliphatic rings. The lowest BCUT2D eigenvalue weighted by Gasteiger charge is -2.31. The van der Waals surface area contributed by atoms with E-state index in [2.05, 4.69) is 255 Å². The number of hydrogen-bond acceptors (Lipinski definition) is 0. The van der Waals surface area contributed by atoms with Crippen LogP contribution in [0.4, 0.5) is 0 Å². The van der Waals surface area contributed by atoms with E-state index < -0.39 is 11.8 Å². The molecular weight excluding hydrogens is 1000 g/mol. The molecule has 0 fully saturated rings. The number of hydrogen-bond donors (Lipinski definition) is 0. The molecule has 9 aromatic carbocycles. The fourth-order valence-electron chi connectivity index (χ4n) is 18.6. The van der Waals surface area contributed by atoms with Gasteiger partial charge in [0, 0.05) is 47.2 Å². The Hall–Kier alpha value is -11.0. The van der Waals surface area contributed by atoms with Gasteiger partial charge in [-0.3, -0.25) is 0 Å². The highest BCUT2D eigenvalue weighted by Crippen LogP contribution is 2.53. The monoisotopic (exact) mass is 1040 g/mol. The van der Waals surface area contributed by atoms with Gasteiger partial charge < -0.3 is 0 Å². The van der Waals surface area contributed by atoms with E-state index in [9.17, 15) is 0 Å². The molecule has 2 atom stereocenters. The number of allylic oxidation sites excluding steroid dienone is 2. The van der Waals surface area contributed by atoms with Gasteiger partial charge in [-0.05, 0) is 169 Å². The van der Waals surface area contributed by atoms with Crippen molar-refractivity contribution in [2.24, 2.45) is 0 Å². The molecule has 82 heavy (non-hydrogen) atoms. The summed E-state index contributed by atoms with van der Waals surface area (Å²) in [6.45, 7) is 0. The average molecular weight is 1040 g/mol. The third-order valence-electron chi connectivity index (χ3n) is 21.2. The largest absolute Gasteiger partial charge is 0.667 e. The van der Waals surface area contributed by atoms with Gasteiger partial charge in [-0.25, -0.2) is 0 Å². The van der Waals surface area contributed by atoms with Crippen LogP contribution < -0.4 is 48.6 Å². The van der Waals surface area contributed by atoms with Crippen LogP contribution in [0.25, 0.3) is 155 Å². The van der Waals surface area contributed by atoms with Crippen molar-refractivity contribution in [2.75, 3.05) is 0 Å². The number of aromatic nitrogens is 6. The van der Waals surface area contributed by atoms with Gasteiger partial charge in [0.05, 0.1) is 76.7 Å². The molecule has 25 rings (SSSR count). The molecule has 0 aliphatic carbocycles. The second-order valence-corrected chi connectivity index (χ2v) is 24.4. The second-order valence-electron chi connectivity index (χ2n) is 24.4. The fourth-order valence-corrected chi connectivity index (χ4v) is 18.6. The van der Waals surface area contributed by atoms with Crippen LogP contribution in [-0.4, -0.2) is 9.13 Å². The first-order chi connectivity index (χ1) is 40.7. The Morgan fingerprint density at radius 3 is 1.07 bits per heavy atom. The maximum atomic E-state index is 2.74. The molecule has 0 amide bonds. The Bertz CT molecular complexity index is 6110. The van der Waals surface area contributed by atoms with E-state index in [4.69, 9.17) is 0 Å². The molecule has 366 valence electrons. The molecule has 10 aliphatic heterocycles. The predicted octanol–water partition coefficient (Wildman–Crippen LogP) is 9.06. The first kappa shape index (κ1) is 38.6. The van der Waals surface area contributed by atoms with Crippen molar-refractivity contribution in [3.8, 4) is 45.0 Å². The highest BCUT2D eigenvalue weighted by Gasteiger charge is 2.81. The maximum Gasteiger partial charge on any atom is 0.667 e. The van der Waals surface area contributed by atoms with Crippen LogP contribution in [0.3, 0.4) is 0 Å². The molecule has 0 N–H and O–H groups in total. The summed E-state index contributed by atoms with van der Waals surface area (Å²) < 4.78 is 21.8. The molecular formula is C74H36N8+6. The van der Waals surface area contributed by atoms with Crippen molar-refractivity contribution in [1.29, 1.82) is 0 Å². The number of fused-ring (bicyclic) bond motifs is 6. The summed E-state index contributed by atoms with van der Waals surface area (Å²) in [5, 5.41) is 17.5. The summed E-state index contributed by atoms with van der Waals surface area (Å²) in [5.41, 5.74) is 27.6. The molecule has 0 saturated carbocycles. The molecule has 0 bridgehead atoms. The van der Waals surface area contributed by atoms with Gasteiger partial charge in [-0.15, -0.1) is 0 Å². The minimum atomic E-state index is -0.773. The van der Waals surface area contributed by atoms with Crippen molar-refractivity contribution in [3.05, 3.63) is 261 Å². The van der Waals surface area contributed by atoms with E-state index in [0.717, 1.165) is 0 Å². The highest BCUT2D eigenvalue weighted by atomic mass is 15.6. The van der Waals surface area contributed by atoms with Crippen molar-refractivity contribution in [1.82, 2.24) is 18.3 Å². The standard InChI is InChI=1S/C74H36N8/c1-7-41-31-42-8-2-14-48(64-61-34-45-11-5-17-51-57-29-25-39-21-22-40-26-30-58-52-18-6-12-46-35-62(64)82(68(46)52)74(81(61)67(45)51)77(57)71(39)72(40)78(58)74)54(42)36-53(41)47(13-1)63-59-32-43-9-3-15-49-55-27-23-37-19-20-38-24-28-56-50-16-4-10-44-33-60(63)80(66(44)50)73(79(59)65(43)49)75(55)69(37)70(38)76(56)73/h1-36H/q+6. The zero-order valence-corrected chi connectivity index (χ0v) is 43.4. The van der Waals surface area contributed by atoms with Gasteiger partial charge in [-0.2, -0.15) is 9.13 Å². The number of rotatable bonds is 2. The van der Waals surface area contributed by atoms with Crippen molar-refractivity contribution in [3.63, 3.8) is 0 Å². The molecule has 16 heterocycles. The smallest absolute Gasteiger partial charge is 0.154 e. The van der Waals surface area contributed by atoms with E-state index in [1.807, 2.05) is 0 Å². The lowest BCUT2D eigenvalue weighted by molar-refractivity contribution is -0.968. The molecule has 8 nitrogen and oxygen atoms in total. The molecule has 6 aromatic heterocycles. The average Bonchev–Trinajstić information content (AvgIpc) is 1.48. The summed E-state index contributed by atoms with van der Waals surface area (Å²) in [7, 11) is 0. The van der Waals surface area contributed by atoms with Crippen LogP contribution in [0, 0.1) is 0 Å². The summed E-state index contributed by atoms with van der Waals surface area (Å²) in [6, 6.07) is 80.1. The Morgan fingerprint density at radius 2 is 0.646 bits per heavy atom. The summed E-state index contributed by atoms with van der Waals surface area (Å²) in [6.07, 6.45) is 5.02. The van der Waals surface area contributed by atoms with Crippen LogP contribution in [0.5, 0.6) is 0 Å². The van der Waals surface area contributed by atoms with Gasteiger partial charge in [0.1, 0.15) is 11.1 Å². The zero-order chi connectivity index (χ0) is 51.9. The summed E-state index contributed by atoms with van der Waals surface area (Å²) in [4.78, 5) is 0. The van der Waals surface area contributed by atoms with E-state index >= 15 is 0 Å². The number of nitrogens with zero attached hydrogens (tertiary/aromatic N) is 8. The Kier molecular flexibility index (Phi) is 5.50. The van der Waals surface area contributed by atoms with E-state index in [1.54, 1.807) is 0 Å². The molecule has 8 heteroatoms. The van der Waals surface area contributed by atoms with E-state index in [1.165, 1.54) is 198 Å². The van der Waals surface area contributed by atoms with Gasteiger partial charge in [-0.1, -0.05) is 72.8 Å². The van der Waals surface area contributed by atoms with Crippen LogP contribution >= 0.6 is 0 Å². The van der Waals surface area contributed by atoms with Crippen LogP contribution in [0.1, 0.15) is 22.5 Å². The highest BCUT2D eigenvalue weighted by molar-refractivity contribution is 6.13. The van der Waals surface area contributed by atoms with E-state index in [-0.39, 0.29) is 0 Å². The Morgan fingerprint density at radius 1 is 0.293 bits per heavy atom. The second kappa shape index (κ2) is 11.7. The quantitative estimate of drug-likeness (QED) is 0.0942. The van der Waals surface area contributed by atoms with Crippen molar-refractivity contribution in [2.45, 2.75) is 11.8 Å². The van der Waals surface area contributed by atoms with Crippen LogP contribution in [0.15, 0.2) is 218 Å². The number of para-hydroxylation sites is 4. The van der Waals surface area contributed by atoms with Crippen LogP contribution in [-0.2, 0) is 11.8 Å². The molecule has 2 spiro atoms. The molecule has 0 radical (unpaired) electrons. The number of benzene rings is 9. The lowest BCUT2D eigenvalue weighted by atomic mass is 9.88. The maximum absolute atomic E-state index is 2.74. The summed E-state index contributed by atoms with van der Waals surface area (Å²) >= 11 is 0. The van der Waals surface area contributed by atoms with Crippen molar-refractivity contribution >= 4 is 110 Å². The minimum absolute atomic E-state index is 0.773. The zero-order valence-electron chi connectivity index (χ0n) is 43.4. The minimum Gasteiger partial charge on any atom is -0.154 e.